The van der Waals surface area contributed by atoms with E-state index in [4.69, 9.17) is 31.4 Å². The molecule has 1 aromatic rings. The van der Waals surface area contributed by atoms with E-state index in [9.17, 15) is 26.3 Å². The van der Waals surface area contributed by atoms with Crippen LogP contribution in [0, 0.1) is 0 Å². The van der Waals surface area contributed by atoms with Crippen molar-refractivity contribution in [3.05, 3.63) is 29.3 Å². The van der Waals surface area contributed by atoms with Gasteiger partial charge < -0.3 is 20.0 Å². The van der Waals surface area contributed by atoms with Gasteiger partial charge in [-0.3, -0.25) is 4.90 Å². The molecule has 0 unspecified atom stereocenters. The van der Waals surface area contributed by atoms with Crippen molar-refractivity contribution in [3.63, 3.8) is 0 Å². The number of piperazine rings is 1. The fraction of sp³-hybridized carbons (Fsp3) is 0.619. The standard InChI is InChI=1S/C17H28ClN3.2C2HF3O2/c1-3-19(4-2)10-5-11-20-12-14-21(15-13-20)17-8-6-16(18)7-9-17;2*3-2(4,5)1(6)7/h6-9H,3-5,10-15H2,1-2H3;2*(H,6,7). The van der Waals surface area contributed by atoms with Crippen molar-refractivity contribution >= 4 is 29.2 Å². The first-order valence-electron chi connectivity index (χ1n) is 10.7. The van der Waals surface area contributed by atoms with Crippen LogP contribution in [0.25, 0.3) is 0 Å². The van der Waals surface area contributed by atoms with Gasteiger partial charge >= 0.3 is 24.3 Å². The number of carbonyl (C=O) groups is 2. The number of rotatable bonds is 7. The van der Waals surface area contributed by atoms with Gasteiger partial charge in [-0.25, -0.2) is 9.59 Å². The molecule has 1 heterocycles. The minimum atomic E-state index is -5.08. The number of benzene rings is 1. The summed E-state index contributed by atoms with van der Waals surface area (Å²) >= 11 is 5.95. The summed E-state index contributed by atoms with van der Waals surface area (Å²) in [7, 11) is 0. The Morgan fingerprint density at radius 3 is 1.63 bits per heavy atom. The molecule has 0 saturated carbocycles. The summed E-state index contributed by atoms with van der Waals surface area (Å²) in [6.45, 7) is 13.8. The number of alkyl halides is 6. The van der Waals surface area contributed by atoms with E-state index >= 15 is 0 Å². The molecule has 0 aromatic heterocycles. The van der Waals surface area contributed by atoms with Gasteiger partial charge in [0, 0.05) is 36.9 Å². The van der Waals surface area contributed by atoms with E-state index in [1.165, 1.54) is 51.4 Å². The lowest BCUT2D eigenvalue weighted by molar-refractivity contribution is -0.193. The third kappa shape index (κ3) is 14.7. The Hall–Kier alpha value is -2.25. The predicted molar refractivity (Wildman–Crippen MR) is 120 cm³/mol. The van der Waals surface area contributed by atoms with Crippen LogP contribution >= 0.6 is 11.6 Å². The quantitative estimate of drug-likeness (QED) is 0.497. The summed E-state index contributed by atoms with van der Waals surface area (Å²) in [6, 6.07) is 8.21. The Balaban J connectivity index is 0.000000680. The Morgan fingerprint density at radius 1 is 0.886 bits per heavy atom. The number of halogens is 7. The Morgan fingerprint density at radius 2 is 1.29 bits per heavy atom. The monoisotopic (exact) mass is 537 g/mol. The van der Waals surface area contributed by atoms with Gasteiger partial charge in [0.25, 0.3) is 0 Å². The maximum Gasteiger partial charge on any atom is 0.490 e. The molecule has 2 rings (SSSR count). The lowest BCUT2D eigenvalue weighted by Crippen LogP contribution is -2.47. The highest BCUT2D eigenvalue weighted by Crippen LogP contribution is 2.19. The number of anilines is 1. The minimum Gasteiger partial charge on any atom is -0.475 e. The molecular weight excluding hydrogens is 508 g/mol. The van der Waals surface area contributed by atoms with E-state index < -0.39 is 24.3 Å². The summed E-state index contributed by atoms with van der Waals surface area (Å²) < 4.78 is 63.5. The van der Waals surface area contributed by atoms with Gasteiger partial charge in [-0.05, 0) is 56.9 Å². The van der Waals surface area contributed by atoms with Crippen molar-refractivity contribution in [2.45, 2.75) is 32.6 Å². The van der Waals surface area contributed by atoms with Crippen molar-refractivity contribution < 1.29 is 46.1 Å². The van der Waals surface area contributed by atoms with Crippen LogP contribution in [-0.2, 0) is 9.59 Å². The molecule has 1 aliphatic rings. The highest BCUT2D eigenvalue weighted by atomic mass is 35.5. The largest absolute Gasteiger partial charge is 0.490 e. The topological polar surface area (TPSA) is 84.3 Å². The normalized spacial score (nSPS) is 14.5. The molecule has 0 amide bonds. The maximum absolute atomic E-state index is 10.6. The van der Waals surface area contributed by atoms with Crippen LogP contribution in [0.4, 0.5) is 32.0 Å². The summed E-state index contributed by atoms with van der Waals surface area (Å²) in [4.78, 5) is 25.3. The molecule has 0 bridgehead atoms. The summed E-state index contributed by atoms with van der Waals surface area (Å²) in [6.07, 6.45) is -8.89. The highest BCUT2D eigenvalue weighted by molar-refractivity contribution is 6.30. The second-order valence-corrected chi connectivity index (χ2v) is 7.73. The van der Waals surface area contributed by atoms with Gasteiger partial charge in [-0.15, -0.1) is 0 Å². The zero-order chi connectivity index (χ0) is 27.2. The predicted octanol–water partition coefficient (Wildman–Crippen LogP) is 4.46. The number of hydrogen-bond donors (Lipinski definition) is 2. The molecule has 0 radical (unpaired) electrons. The van der Waals surface area contributed by atoms with Crippen LogP contribution in [0.1, 0.15) is 20.3 Å². The van der Waals surface area contributed by atoms with Crippen molar-refractivity contribution in [1.82, 2.24) is 9.80 Å². The molecule has 1 saturated heterocycles. The average Bonchev–Trinajstić information content (AvgIpc) is 2.77. The molecule has 1 aromatic carbocycles. The molecule has 0 aliphatic carbocycles. The second-order valence-electron chi connectivity index (χ2n) is 7.29. The van der Waals surface area contributed by atoms with Crippen molar-refractivity contribution in [1.29, 1.82) is 0 Å². The van der Waals surface area contributed by atoms with Gasteiger partial charge in [0.05, 0.1) is 0 Å². The fourth-order valence-corrected chi connectivity index (χ4v) is 3.07. The van der Waals surface area contributed by atoms with Gasteiger partial charge in [0.2, 0.25) is 0 Å². The Bertz CT molecular complexity index is 727. The van der Waals surface area contributed by atoms with E-state index in [-0.39, 0.29) is 0 Å². The number of hydrogen-bond acceptors (Lipinski definition) is 5. The number of aliphatic carboxylic acids is 2. The van der Waals surface area contributed by atoms with E-state index in [0.717, 1.165) is 18.1 Å². The SMILES string of the molecule is CCN(CC)CCCN1CCN(c2ccc(Cl)cc2)CC1.O=C(O)C(F)(F)F.O=C(O)C(F)(F)F. The summed E-state index contributed by atoms with van der Waals surface area (Å²) in [5.74, 6) is -5.51. The second kappa shape index (κ2) is 15.7. The van der Waals surface area contributed by atoms with Crippen LogP contribution in [0.5, 0.6) is 0 Å². The van der Waals surface area contributed by atoms with Crippen molar-refractivity contribution in [2.24, 2.45) is 0 Å². The van der Waals surface area contributed by atoms with Crippen LogP contribution < -0.4 is 4.90 Å². The van der Waals surface area contributed by atoms with E-state index in [0.29, 0.717) is 0 Å². The van der Waals surface area contributed by atoms with Crippen molar-refractivity contribution in [3.8, 4) is 0 Å². The third-order valence-electron chi connectivity index (χ3n) is 4.89. The zero-order valence-corrected chi connectivity index (χ0v) is 20.1. The van der Waals surface area contributed by atoms with E-state index in [1.807, 2.05) is 12.1 Å². The molecule has 1 aliphatic heterocycles. The van der Waals surface area contributed by atoms with Gasteiger partial charge in [-0.1, -0.05) is 25.4 Å². The molecular formula is C21H30ClF6N3O4. The summed E-state index contributed by atoms with van der Waals surface area (Å²) in [5.41, 5.74) is 1.29. The minimum absolute atomic E-state index is 0.814. The molecule has 0 spiro atoms. The average molecular weight is 538 g/mol. The number of carboxylic acid groups (broad SMARTS) is 2. The first-order valence-corrected chi connectivity index (χ1v) is 11.0. The Kier molecular flexibility index (Phi) is 14.7. The third-order valence-corrected chi connectivity index (χ3v) is 5.14. The number of nitrogens with zero attached hydrogens (tertiary/aromatic N) is 3. The fourth-order valence-electron chi connectivity index (χ4n) is 2.94. The molecule has 35 heavy (non-hydrogen) atoms. The van der Waals surface area contributed by atoms with Crippen LogP contribution in [0.2, 0.25) is 5.02 Å². The first-order chi connectivity index (χ1) is 16.1. The van der Waals surface area contributed by atoms with Crippen molar-refractivity contribution in [2.75, 3.05) is 57.3 Å². The Labute approximate surface area is 204 Å². The lowest BCUT2D eigenvalue weighted by atomic mass is 10.2. The molecule has 1 fully saturated rings. The van der Waals surface area contributed by atoms with Gasteiger partial charge in [0.15, 0.2) is 0 Å². The van der Waals surface area contributed by atoms with Crippen LogP contribution in [0.3, 0.4) is 0 Å². The maximum atomic E-state index is 10.6. The first kappa shape index (κ1) is 32.8. The molecule has 2 N–H and O–H groups in total. The zero-order valence-electron chi connectivity index (χ0n) is 19.4. The molecule has 14 heteroatoms. The molecule has 7 nitrogen and oxygen atoms in total. The molecule has 0 atom stereocenters. The van der Waals surface area contributed by atoms with E-state index in [1.54, 1.807) is 0 Å². The van der Waals surface area contributed by atoms with Gasteiger partial charge in [0.1, 0.15) is 0 Å². The molecule has 202 valence electrons. The summed E-state index contributed by atoms with van der Waals surface area (Å²) in [5, 5.41) is 15.1. The van der Waals surface area contributed by atoms with Crippen LogP contribution in [0.15, 0.2) is 24.3 Å². The highest BCUT2D eigenvalue weighted by Gasteiger charge is 2.38. The number of carboxylic acids is 2. The lowest BCUT2D eigenvalue weighted by Gasteiger charge is -2.36. The smallest absolute Gasteiger partial charge is 0.475 e. The van der Waals surface area contributed by atoms with Gasteiger partial charge in [-0.2, -0.15) is 26.3 Å². The van der Waals surface area contributed by atoms with E-state index in [2.05, 4.69) is 40.7 Å². The van der Waals surface area contributed by atoms with Crippen LogP contribution in [-0.4, -0.2) is 96.7 Å².